The van der Waals surface area contributed by atoms with E-state index in [1.165, 1.54) is 0 Å². The maximum absolute atomic E-state index is 12.6. The Labute approximate surface area is 165 Å². The summed E-state index contributed by atoms with van der Waals surface area (Å²) in [5.74, 6) is 0.355. The molecule has 0 radical (unpaired) electrons. The summed E-state index contributed by atoms with van der Waals surface area (Å²) < 4.78 is 12.8. The molecular formula is C21H27N3O4. The predicted molar refractivity (Wildman–Crippen MR) is 106 cm³/mol. The van der Waals surface area contributed by atoms with Crippen molar-refractivity contribution >= 4 is 11.7 Å². The van der Waals surface area contributed by atoms with E-state index in [0.717, 1.165) is 22.6 Å². The van der Waals surface area contributed by atoms with Crippen molar-refractivity contribution in [3.8, 4) is 5.75 Å². The Hall–Kier alpha value is -2.83. The summed E-state index contributed by atoms with van der Waals surface area (Å²) in [4.78, 5) is 22.0. The second kappa shape index (κ2) is 7.66. The van der Waals surface area contributed by atoms with Crippen LogP contribution < -0.4 is 4.74 Å². The number of methoxy groups -OCH3 is 1. The summed E-state index contributed by atoms with van der Waals surface area (Å²) in [5, 5.41) is 4.25. The van der Waals surface area contributed by atoms with E-state index >= 15 is 0 Å². The monoisotopic (exact) mass is 385 g/mol. The molecule has 0 N–H and O–H groups in total. The molecule has 0 fully saturated rings. The van der Waals surface area contributed by atoms with Crippen molar-refractivity contribution in [2.24, 2.45) is 10.6 Å². The van der Waals surface area contributed by atoms with Gasteiger partial charge in [-0.25, -0.2) is 9.78 Å². The minimum atomic E-state index is -0.385. The summed E-state index contributed by atoms with van der Waals surface area (Å²) >= 11 is 0. The lowest BCUT2D eigenvalue weighted by molar-refractivity contribution is 0.0359. The van der Waals surface area contributed by atoms with Crippen molar-refractivity contribution in [3.63, 3.8) is 0 Å². The molecule has 0 spiro atoms. The number of ether oxygens (including phenoxy) is 2. The van der Waals surface area contributed by atoms with Gasteiger partial charge in [0.25, 0.3) is 0 Å². The number of benzene rings is 1. The molecule has 1 aliphatic carbocycles. The first-order chi connectivity index (χ1) is 13.3. The van der Waals surface area contributed by atoms with Crippen LogP contribution in [0.25, 0.3) is 0 Å². The summed E-state index contributed by atoms with van der Waals surface area (Å²) in [5.41, 5.74) is 3.01. The second-order valence-electron chi connectivity index (χ2n) is 7.88. The van der Waals surface area contributed by atoms with Crippen LogP contribution in [0.15, 0.2) is 35.9 Å². The zero-order valence-electron chi connectivity index (χ0n) is 17.2. The van der Waals surface area contributed by atoms with Gasteiger partial charge >= 0.3 is 5.97 Å². The van der Waals surface area contributed by atoms with Gasteiger partial charge in [0.05, 0.1) is 37.5 Å². The number of rotatable bonds is 5. The van der Waals surface area contributed by atoms with Crippen molar-refractivity contribution in [1.82, 2.24) is 9.55 Å². The van der Waals surface area contributed by atoms with Gasteiger partial charge in [0.2, 0.25) is 0 Å². The molecule has 1 atom stereocenters. The molecule has 2 aromatic rings. The third kappa shape index (κ3) is 3.61. The lowest BCUT2D eigenvalue weighted by atomic mass is 9.69. The molecule has 0 saturated carbocycles. The van der Waals surface area contributed by atoms with Gasteiger partial charge in [-0.15, -0.1) is 0 Å². The topological polar surface area (TPSA) is 74.9 Å². The van der Waals surface area contributed by atoms with Crippen molar-refractivity contribution < 1.29 is 19.1 Å². The van der Waals surface area contributed by atoms with E-state index in [2.05, 4.69) is 24.0 Å². The van der Waals surface area contributed by atoms with E-state index in [0.29, 0.717) is 12.1 Å². The molecular weight excluding hydrogens is 358 g/mol. The number of fused-ring (bicyclic) bond motifs is 1. The van der Waals surface area contributed by atoms with Crippen LogP contribution in [0, 0.1) is 5.41 Å². The Bertz CT molecular complexity index is 899. The molecule has 0 aliphatic heterocycles. The third-order valence-corrected chi connectivity index (χ3v) is 4.93. The zero-order valence-corrected chi connectivity index (χ0v) is 17.2. The van der Waals surface area contributed by atoms with Crippen LogP contribution in [0.5, 0.6) is 5.75 Å². The van der Waals surface area contributed by atoms with Gasteiger partial charge in [-0.2, -0.15) is 0 Å². The smallest absolute Gasteiger partial charge is 0.356 e. The fourth-order valence-corrected chi connectivity index (χ4v) is 3.86. The number of aromatic nitrogens is 2. The van der Waals surface area contributed by atoms with Gasteiger partial charge in [0.1, 0.15) is 18.6 Å². The molecule has 0 amide bonds. The van der Waals surface area contributed by atoms with Crippen LogP contribution in [0.2, 0.25) is 0 Å². The van der Waals surface area contributed by atoms with Crippen LogP contribution in [0.3, 0.4) is 0 Å². The summed E-state index contributed by atoms with van der Waals surface area (Å²) in [7, 11) is 3.18. The van der Waals surface area contributed by atoms with Crippen LogP contribution in [0.1, 0.15) is 61.8 Å². The Morgan fingerprint density at radius 3 is 2.71 bits per heavy atom. The van der Waals surface area contributed by atoms with Gasteiger partial charge in [-0.1, -0.05) is 19.0 Å². The minimum Gasteiger partial charge on any atom is -0.497 e. The average Bonchev–Trinajstić information content (AvgIpc) is 3.09. The lowest BCUT2D eigenvalue weighted by Gasteiger charge is -2.41. The van der Waals surface area contributed by atoms with E-state index in [4.69, 9.17) is 14.3 Å². The fourth-order valence-electron chi connectivity index (χ4n) is 3.86. The number of carbonyl (C=O) groups excluding carboxylic acids is 1. The van der Waals surface area contributed by atoms with Gasteiger partial charge in [-0.3, -0.25) is 0 Å². The SMILES string of the molecule is CON=C1CC(C)(C)[C@H](n2cncc2C(=O)OC(C)C)c2cc(OC)ccc21. The normalized spacial score (nSPS) is 19.4. The lowest BCUT2D eigenvalue weighted by Crippen LogP contribution is -2.37. The Balaban J connectivity index is 2.18. The van der Waals surface area contributed by atoms with Crippen molar-refractivity contribution in [1.29, 1.82) is 0 Å². The molecule has 0 bridgehead atoms. The fraction of sp³-hybridized carbons (Fsp3) is 0.476. The summed E-state index contributed by atoms with van der Waals surface area (Å²) in [6.07, 6.45) is 3.72. The van der Waals surface area contributed by atoms with Gasteiger partial charge in [-0.05, 0) is 43.0 Å². The van der Waals surface area contributed by atoms with E-state index in [-0.39, 0.29) is 23.5 Å². The first-order valence-corrected chi connectivity index (χ1v) is 9.29. The number of esters is 1. The van der Waals surface area contributed by atoms with Crippen LogP contribution >= 0.6 is 0 Å². The highest BCUT2D eigenvalue weighted by molar-refractivity contribution is 6.03. The summed E-state index contributed by atoms with van der Waals surface area (Å²) in [6.45, 7) is 7.94. The molecule has 28 heavy (non-hydrogen) atoms. The quantitative estimate of drug-likeness (QED) is 0.578. The standard InChI is InChI=1S/C21H27N3O4/c1-13(2)28-20(25)18-11-22-12-24(18)19-16-9-14(26-5)7-8-15(16)17(23-27-6)10-21(19,3)4/h7-9,11-13,19H,10H2,1-6H3/t19-/m1/s1. The van der Waals surface area contributed by atoms with E-state index in [9.17, 15) is 4.79 Å². The maximum atomic E-state index is 12.6. The largest absolute Gasteiger partial charge is 0.497 e. The average molecular weight is 385 g/mol. The molecule has 150 valence electrons. The van der Waals surface area contributed by atoms with Crippen molar-refractivity contribution in [3.05, 3.63) is 47.5 Å². The Kier molecular flexibility index (Phi) is 5.45. The number of imidazole rings is 1. The van der Waals surface area contributed by atoms with Crippen LogP contribution in [-0.4, -0.2) is 41.6 Å². The molecule has 1 aliphatic rings. The third-order valence-electron chi connectivity index (χ3n) is 4.93. The maximum Gasteiger partial charge on any atom is 0.356 e. The van der Waals surface area contributed by atoms with Gasteiger partial charge in [0.15, 0.2) is 0 Å². The van der Waals surface area contributed by atoms with E-state index in [1.54, 1.807) is 26.7 Å². The first kappa shape index (κ1) is 19.9. The van der Waals surface area contributed by atoms with Gasteiger partial charge < -0.3 is 18.9 Å². The molecule has 3 rings (SSSR count). The van der Waals surface area contributed by atoms with Crippen molar-refractivity contribution in [2.75, 3.05) is 14.2 Å². The molecule has 0 unspecified atom stereocenters. The molecule has 1 aromatic heterocycles. The second-order valence-corrected chi connectivity index (χ2v) is 7.88. The predicted octanol–water partition coefficient (Wildman–Crippen LogP) is 3.83. The summed E-state index contributed by atoms with van der Waals surface area (Å²) in [6, 6.07) is 5.73. The highest BCUT2D eigenvalue weighted by Gasteiger charge is 2.42. The minimum absolute atomic E-state index is 0.148. The van der Waals surface area contributed by atoms with Crippen molar-refractivity contribution in [2.45, 2.75) is 46.3 Å². The number of hydrogen-bond donors (Lipinski definition) is 0. The highest BCUT2D eigenvalue weighted by Crippen LogP contribution is 2.47. The van der Waals surface area contributed by atoms with Gasteiger partial charge in [0, 0.05) is 12.0 Å². The molecule has 1 heterocycles. The Morgan fingerprint density at radius 2 is 2.07 bits per heavy atom. The van der Waals surface area contributed by atoms with Crippen LogP contribution in [-0.2, 0) is 9.57 Å². The molecule has 7 nitrogen and oxygen atoms in total. The number of carbonyl (C=O) groups is 1. The van der Waals surface area contributed by atoms with E-state index in [1.807, 2.05) is 36.6 Å². The Morgan fingerprint density at radius 1 is 1.32 bits per heavy atom. The highest BCUT2D eigenvalue weighted by atomic mass is 16.6. The molecule has 1 aromatic carbocycles. The first-order valence-electron chi connectivity index (χ1n) is 9.29. The van der Waals surface area contributed by atoms with E-state index < -0.39 is 0 Å². The number of hydrogen-bond acceptors (Lipinski definition) is 6. The van der Waals surface area contributed by atoms with Crippen LogP contribution in [0.4, 0.5) is 0 Å². The number of oxime groups is 1. The zero-order chi connectivity index (χ0) is 20.5. The molecule has 7 heteroatoms. The number of nitrogens with zero attached hydrogens (tertiary/aromatic N) is 3. The molecule has 0 saturated heterocycles.